The van der Waals surface area contributed by atoms with Crippen LogP contribution in [0.3, 0.4) is 0 Å². The van der Waals surface area contributed by atoms with Gasteiger partial charge in [0.1, 0.15) is 11.6 Å². The molecule has 2 rings (SSSR count). The number of sulfone groups is 1. The van der Waals surface area contributed by atoms with E-state index in [0.29, 0.717) is 0 Å². The van der Waals surface area contributed by atoms with E-state index in [2.05, 4.69) is 5.32 Å². The number of nitro benzene ring substituents is 1. The predicted molar refractivity (Wildman–Crippen MR) is 84.8 cm³/mol. The Morgan fingerprint density at radius 3 is 2.46 bits per heavy atom. The molecule has 0 atom stereocenters. The van der Waals surface area contributed by atoms with Crippen LogP contribution < -0.4 is 5.32 Å². The summed E-state index contributed by atoms with van der Waals surface area (Å²) in [6.07, 6.45) is 1.13. The van der Waals surface area contributed by atoms with Crippen LogP contribution in [0, 0.1) is 21.7 Å². The third-order valence-corrected chi connectivity index (χ3v) is 4.44. The van der Waals surface area contributed by atoms with Gasteiger partial charge in [-0.15, -0.1) is 0 Å². The molecule has 0 aliphatic carbocycles. The van der Waals surface area contributed by atoms with E-state index < -0.39 is 26.4 Å². The summed E-state index contributed by atoms with van der Waals surface area (Å²) >= 11 is 0. The van der Waals surface area contributed by atoms with E-state index in [1.54, 1.807) is 0 Å². The zero-order chi connectivity index (χ0) is 17.9. The lowest BCUT2D eigenvalue weighted by atomic mass is 10.1. The lowest BCUT2D eigenvalue weighted by Crippen LogP contribution is -2.10. The average molecular weight is 356 g/mol. The van der Waals surface area contributed by atoms with Crippen molar-refractivity contribution in [3.05, 3.63) is 63.7 Å². The van der Waals surface area contributed by atoms with Crippen LogP contribution in [0.1, 0.15) is 5.56 Å². The molecule has 1 N–H and O–H groups in total. The molecule has 0 saturated heterocycles. The van der Waals surface area contributed by atoms with Crippen LogP contribution in [0.5, 0.6) is 0 Å². The summed E-state index contributed by atoms with van der Waals surface area (Å²) in [6, 6.07) is 6.64. The molecular formula is C15H14F2N2O4S. The summed E-state index contributed by atoms with van der Waals surface area (Å²) in [6.45, 7) is 0.170. The number of nitrogens with one attached hydrogen (secondary N) is 1. The molecule has 0 aromatic heterocycles. The molecule has 0 radical (unpaired) electrons. The molecule has 0 spiro atoms. The number of nitro groups is 1. The Bertz CT molecular complexity index is 885. The third-order valence-electron chi connectivity index (χ3n) is 3.30. The van der Waals surface area contributed by atoms with Gasteiger partial charge in [0, 0.05) is 31.0 Å². The van der Waals surface area contributed by atoms with Gasteiger partial charge in [-0.3, -0.25) is 10.1 Å². The first-order chi connectivity index (χ1) is 11.2. The quantitative estimate of drug-likeness (QED) is 0.635. The molecule has 0 fully saturated rings. The Morgan fingerprint density at radius 1 is 1.17 bits per heavy atom. The maximum absolute atomic E-state index is 13.5. The fourth-order valence-electron chi connectivity index (χ4n) is 2.13. The van der Waals surface area contributed by atoms with Crippen LogP contribution >= 0.6 is 0 Å². The highest BCUT2D eigenvalue weighted by molar-refractivity contribution is 7.90. The molecule has 2 aromatic carbocycles. The summed E-state index contributed by atoms with van der Waals surface area (Å²) in [5.41, 5.74) is 0.114. The smallest absolute Gasteiger partial charge is 0.270 e. The largest absolute Gasteiger partial charge is 0.384 e. The molecule has 9 heteroatoms. The van der Waals surface area contributed by atoms with E-state index >= 15 is 0 Å². The Balaban J connectivity index is 2.19. The number of hydrogen-bond donors (Lipinski definition) is 1. The van der Waals surface area contributed by atoms with E-state index in [1.807, 2.05) is 0 Å². The van der Waals surface area contributed by atoms with E-state index in [9.17, 15) is 27.3 Å². The van der Waals surface area contributed by atoms with Gasteiger partial charge in [0.2, 0.25) is 0 Å². The minimum atomic E-state index is -3.69. The summed E-state index contributed by atoms with van der Waals surface area (Å²) in [4.78, 5) is 9.87. The fourth-order valence-corrected chi connectivity index (χ4v) is 3.01. The average Bonchev–Trinajstić information content (AvgIpc) is 2.48. The molecule has 0 unspecified atom stereocenters. The van der Waals surface area contributed by atoms with Crippen LogP contribution in [-0.4, -0.2) is 26.1 Å². The normalized spacial score (nSPS) is 11.3. The van der Waals surface area contributed by atoms with Crippen LogP contribution in [0.15, 0.2) is 41.3 Å². The van der Waals surface area contributed by atoms with Crippen molar-refractivity contribution >= 4 is 21.2 Å². The van der Waals surface area contributed by atoms with Crippen molar-refractivity contribution in [1.29, 1.82) is 0 Å². The minimum absolute atomic E-state index is 0.170. The maximum atomic E-state index is 13.5. The molecule has 0 aliphatic heterocycles. The van der Waals surface area contributed by atoms with Crippen molar-refractivity contribution < 1.29 is 22.1 Å². The van der Waals surface area contributed by atoms with Crippen molar-refractivity contribution in [2.75, 3.05) is 18.1 Å². The van der Waals surface area contributed by atoms with Crippen molar-refractivity contribution in [1.82, 2.24) is 0 Å². The van der Waals surface area contributed by atoms with Crippen molar-refractivity contribution in [3.8, 4) is 0 Å². The number of hydrogen-bond acceptors (Lipinski definition) is 5. The summed E-state index contributed by atoms with van der Waals surface area (Å²) in [5, 5.41) is 13.6. The van der Waals surface area contributed by atoms with Gasteiger partial charge in [-0.2, -0.15) is 0 Å². The third kappa shape index (κ3) is 4.25. The Kier molecular flexibility index (Phi) is 5.13. The molecule has 6 nitrogen and oxygen atoms in total. The minimum Gasteiger partial charge on any atom is -0.384 e. The number of anilines is 1. The molecule has 0 aliphatic rings. The topological polar surface area (TPSA) is 89.3 Å². The number of rotatable bonds is 6. The van der Waals surface area contributed by atoms with Crippen molar-refractivity contribution in [3.63, 3.8) is 0 Å². The van der Waals surface area contributed by atoms with Crippen molar-refractivity contribution in [2.45, 2.75) is 11.3 Å². The van der Waals surface area contributed by atoms with E-state index in [-0.39, 0.29) is 34.8 Å². The van der Waals surface area contributed by atoms with Gasteiger partial charge in [-0.1, -0.05) is 6.07 Å². The molecule has 2 aromatic rings. The SMILES string of the molecule is CS(=O)(=O)c1cc([N+](=O)[O-])ccc1NCCc1ccc(F)cc1F. The second-order valence-corrected chi connectivity index (χ2v) is 7.11. The van der Waals surface area contributed by atoms with E-state index in [4.69, 9.17) is 0 Å². The summed E-state index contributed by atoms with van der Waals surface area (Å²) < 4.78 is 50.0. The van der Waals surface area contributed by atoms with E-state index in [0.717, 1.165) is 24.5 Å². The first-order valence-electron chi connectivity index (χ1n) is 6.85. The monoisotopic (exact) mass is 356 g/mol. The zero-order valence-electron chi connectivity index (χ0n) is 12.6. The van der Waals surface area contributed by atoms with Gasteiger partial charge in [0.05, 0.1) is 15.5 Å². The number of halogens is 2. The van der Waals surface area contributed by atoms with Gasteiger partial charge in [-0.25, -0.2) is 17.2 Å². The Morgan fingerprint density at radius 2 is 1.88 bits per heavy atom. The highest BCUT2D eigenvalue weighted by atomic mass is 32.2. The maximum Gasteiger partial charge on any atom is 0.270 e. The first kappa shape index (κ1) is 17.8. The molecule has 0 heterocycles. The van der Waals surface area contributed by atoms with Crippen molar-refractivity contribution in [2.24, 2.45) is 0 Å². The Labute approximate surface area is 137 Å². The van der Waals surface area contributed by atoms with Gasteiger partial charge < -0.3 is 5.32 Å². The summed E-state index contributed by atoms with van der Waals surface area (Å²) in [5.74, 6) is -1.37. The highest BCUT2D eigenvalue weighted by Crippen LogP contribution is 2.26. The highest BCUT2D eigenvalue weighted by Gasteiger charge is 2.18. The molecular weight excluding hydrogens is 342 g/mol. The van der Waals surface area contributed by atoms with Crippen LogP contribution in [0.2, 0.25) is 0 Å². The fraction of sp³-hybridized carbons (Fsp3) is 0.200. The standard InChI is InChI=1S/C15H14F2N2O4S/c1-24(22,23)15-9-12(19(20)21)4-5-14(15)18-7-6-10-2-3-11(16)8-13(10)17/h2-5,8-9,18H,6-7H2,1H3. The summed E-state index contributed by atoms with van der Waals surface area (Å²) in [7, 11) is -3.69. The molecule has 0 saturated carbocycles. The molecule has 24 heavy (non-hydrogen) atoms. The van der Waals surface area contributed by atoms with Crippen LogP contribution in [0.25, 0.3) is 0 Å². The molecule has 0 amide bonds. The second kappa shape index (κ2) is 6.91. The van der Waals surface area contributed by atoms with Gasteiger partial charge in [0.25, 0.3) is 5.69 Å². The molecule has 128 valence electrons. The lowest BCUT2D eigenvalue weighted by Gasteiger charge is -2.11. The predicted octanol–water partition coefficient (Wildman–Crippen LogP) is 2.93. The van der Waals surface area contributed by atoms with Crippen LogP contribution in [0.4, 0.5) is 20.2 Å². The Hall–Kier alpha value is -2.55. The first-order valence-corrected chi connectivity index (χ1v) is 8.74. The second-order valence-electron chi connectivity index (χ2n) is 5.12. The van der Waals surface area contributed by atoms with E-state index in [1.165, 1.54) is 18.2 Å². The van der Waals surface area contributed by atoms with Gasteiger partial charge >= 0.3 is 0 Å². The zero-order valence-corrected chi connectivity index (χ0v) is 13.4. The molecule has 0 bridgehead atoms. The van der Waals surface area contributed by atoms with Gasteiger partial charge in [0.15, 0.2) is 9.84 Å². The van der Waals surface area contributed by atoms with Crippen LogP contribution in [-0.2, 0) is 16.3 Å². The van der Waals surface area contributed by atoms with Gasteiger partial charge in [-0.05, 0) is 24.1 Å². The number of nitrogens with zero attached hydrogens (tertiary/aromatic N) is 1. The number of non-ortho nitro benzene ring substituents is 1. The number of benzene rings is 2. The lowest BCUT2D eigenvalue weighted by molar-refractivity contribution is -0.385.